The van der Waals surface area contributed by atoms with Crippen molar-refractivity contribution in [3.8, 4) is 0 Å². The van der Waals surface area contributed by atoms with Crippen LogP contribution in [-0.4, -0.2) is 29.1 Å². The van der Waals surface area contributed by atoms with Crippen LogP contribution in [0.1, 0.15) is 31.4 Å². The minimum atomic E-state index is -0.908. The Morgan fingerprint density at radius 2 is 2.20 bits per heavy atom. The van der Waals surface area contributed by atoms with Crippen molar-refractivity contribution < 1.29 is 9.90 Å². The molecule has 20 heavy (non-hydrogen) atoms. The van der Waals surface area contributed by atoms with Gasteiger partial charge in [-0.25, -0.2) is 4.79 Å². The molecule has 0 aromatic heterocycles. The van der Waals surface area contributed by atoms with E-state index in [1.807, 2.05) is 12.1 Å². The summed E-state index contributed by atoms with van der Waals surface area (Å²) < 4.78 is 0. The zero-order chi connectivity index (χ0) is 14.5. The van der Waals surface area contributed by atoms with Crippen LogP contribution in [0.2, 0.25) is 0 Å². The van der Waals surface area contributed by atoms with Gasteiger partial charge in [-0.1, -0.05) is 38.1 Å². The molecule has 1 aromatic carbocycles. The molecule has 0 saturated carbocycles. The number of aliphatic carboxylic acids is 1. The molecule has 1 fully saturated rings. The van der Waals surface area contributed by atoms with Crippen molar-refractivity contribution in [2.24, 2.45) is 11.8 Å². The quantitative estimate of drug-likeness (QED) is 0.856. The molecule has 2 unspecified atom stereocenters. The topological polar surface area (TPSA) is 40.5 Å². The Labute approximate surface area is 120 Å². The number of carboxylic acids is 1. The highest BCUT2D eigenvalue weighted by molar-refractivity contribution is 5.85. The molecule has 0 radical (unpaired) electrons. The lowest BCUT2D eigenvalue weighted by Gasteiger charge is -2.35. The molecule has 0 bridgehead atoms. The molecule has 1 aliphatic heterocycles. The molecule has 0 aliphatic carbocycles. The van der Waals surface area contributed by atoms with Crippen molar-refractivity contribution in [3.05, 3.63) is 41.5 Å². The lowest BCUT2D eigenvalue weighted by atomic mass is 9.88. The summed E-state index contributed by atoms with van der Waals surface area (Å²) in [6.45, 7) is 7.91. The Balaban J connectivity index is 1.99. The number of piperidine rings is 1. The number of hydrogen-bond acceptors (Lipinski definition) is 2. The number of rotatable bonds is 4. The van der Waals surface area contributed by atoms with Crippen molar-refractivity contribution in [3.63, 3.8) is 0 Å². The van der Waals surface area contributed by atoms with Gasteiger partial charge in [0.1, 0.15) is 0 Å². The number of nitrogens with zero attached hydrogens (tertiary/aromatic N) is 1. The van der Waals surface area contributed by atoms with Gasteiger partial charge in [-0.2, -0.15) is 0 Å². The van der Waals surface area contributed by atoms with E-state index in [2.05, 4.69) is 30.9 Å². The van der Waals surface area contributed by atoms with Gasteiger partial charge in [0.2, 0.25) is 0 Å². The molecule has 1 aliphatic rings. The molecule has 2 atom stereocenters. The molecule has 0 spiro atoms. The van der Waals surface area contributed by atoms with Crippen molar-refractivity contribution >= 4 is 12.0 Å². The predicted molar refractivity (Wildman–Crippen MR) is 81.3 cm³/mol. The van der Waals surface area contributed by atoms with Gasteiger partial charge in [0.15, 0.2) is 0 Å². The first-order valence-electron chi connectivity index (χ1n) is 7.27. The molecule has 3 heteroatoms. The summed E-state index contributed by atoms with van der Waals surface area (Å²) in [6.07, 6.45) is 4.09. The Morgan fingerprint density at radius 1 is 1.40 bits per heavy atom. The molecule has 1 aromatic rings. The van der Waals surface area contributed by atoms with Crippen molar-refractivity contribution in [2.45, 2.75) is 26.8 Å². The highest BCUT2D eigenvalue weighted by Gasteiger charge is 2.22. The van der Waals surface area contributed by atoms with Gasteiger partial charge in [-0.15, -0.1) is 0 Å². The fraction of sp³-hybridized carbons (Fsp3) is 0.471. The van der Waals surface area contributed by atoms with Crippen LogP contribution in [0.3, 0.4) is 0 Å². The second-order valence-corrected chi connectivity index (χ2v) is 5.89. The number of carbonyl (C=O) groups is 1. The summed E-state index contributed by atoms with van der Waals surface area (Å²) in [5.41, 5.74) is 2.20. The van der Waals surface area contributed by atoms with Crippen LogP contribution in [0.25, 0.3) is 6.08 Å². The molecule has 3 nitrogen and oxygen atoms in total. The summed E-state index contributed by atoms with van der Waals surface area (Å²) in [5.74, 6) is 0.657. The Kier molecular flexibility index (Phi) is 4.96. The van der Waals surface area contributed by atoms with Gasteiger partial charge < -0.3 is 5.11 Å². The van der Waals surface area contributed by atoms with Crippen LogP contribution in [0.15, 0.2) is 30.3 Å². The Morgan fingerprint density at radius 3 is 2.90 bits per heavy atom. The lowest BCUT2D eigenvalue weighted by Crippen LogP contribution is -2.37. The molecule has 1 saturated heterocycles. The minimum Gasteiger partial charge on any atom is -0.478 e. The van der Waals surface area contributed by atoms with Gasteiger partial charge in [-0.05, 0) is 42.0 Å². The van der Waals surface area contributed by atoms with E-state index in [-0.39, 0.29) is 0 Å². The Hall–Kier alpha value is -1.61. The lowest BCUT2D eigenvalue weighted by molar-refractivity contribution is -0.131. The van der Waals surface area contributed by atoms with Crippen LogP contribution < -0.4 is 0 Å². The van der Waals surface area contributed by atoms with Gasteiger partial charge in [-0.3, -0.25) is 4.90 Å². The van der Waals surface area contributed by atoms with Crippen LogP contribution >= 0.6 is 0 Å². The van der Waals surface area contributed by atoms with Gasteiger partial charge in [0.25, 0.3) is 0 Å². The maximum absolute atomic E-state index is 10.5. The second-order valence-electron chi connectivity index (χ2n) is 5.89. The summed E-state index contributed by atoms with van der Waals surface area (Å²) >= 11 is 0. The number of hydrogen-bond donors (Lipinski definition) is 1. The van der Waals surface area contributed by atoms with E-state index in [0.29, 0.717) is 0 Å². The molecular weight excluding hydrogens is 250 g/mol. The smallest absolute Gasteiger partial charge is 0.328 e. The summed E-state index contributed by atoms with van der Waals surface area (Å²) in [7, 11) is 0. The van der Waals surface area contributed by atoms with E-state index < -0.39 is 5.97 Å². The maximum atomic E-state index is 10.5. The molecular formula is C17H23NO2. The van der Waals surface area contributed by atoms with Gasteiger partial charge >= 0.3 is 5.97 Å². The molecule has 1 heterocycles. The average molecular weight is 273 g/mol. The van der Waals surface area contributed by atoms with E-state index >= 15 is 0 Å². The fourth-order valence-corrected chi connectivity index (χ4v) is 2.71. The average Bonchev–Trinajstić information content (AvgIpc) is 2.41. The van der Waals surface area contributed by atoms with E-state index in [0.717, 1.165) is 37.0 Å². The number of benzene rings is 1. The minimum absolute atomic E-state index is 0.749. The first kappa shape index (κ1) is 14.8. The first-order chi connectivity index (χ1) is 9.54. The highest BCUT2D eigenvalue weighted by Crippen LogP contribution is 2.23. The maximum Gasteiger partial charge on any atom is 0.328 e. The van der Waals surface area contributed by atoms with Crippen molar-refractivity contribution in [1.29, 1.82) is 0 Å². The van der Waals surface area contributed by atoms with Crippen LogP contribution in [0, 0.1) is 11.8 Å². The molecule has 1 N–H and O–H groups in total. The zero-order valence-corrected chi connectivity index (χ0v) is 12.2. The summed E-state index contributed by atoms with van der Waals surface area (Å²) in [4.78, 5) is 13.0. The largest absolute Gasteiger partial charge is 0.478 e. The van der Waals surface area contributed by atoms with Crippen LogP contribution in [-0.2, 0) is 11.3 Å². The van der Waals surface area contributed by atoms with Crippen LogP contribution in [0.5, 0.6) is 0 Å². The third-order valence-corrected chi connectivity index (χ3v) is 4.19. The zero-order valence-electron chi connectivity index (χ0n) is 12.2. The second kappa shape index (κ2) is 6.71. The van der Waals surface area contributed by atoms with Gasteiger partial charge in [0, 0.05) is 19.2 Å². The SMILES string of the molecule is CC1CCN(Cc2cccc(/C=C/C(=O)O)c2)CC1C. The highest BCUT2D eigenvalue weighted by atomic mass is 16.4. The number of carboxylic acid groups (broad SMARTS) is 1. The van der Waals surface area contributed by atoms with Gasteiger partial charge in [0.05, 0.1) is 0 Å². The van der Waals surface area contributed by atoms with Crippen molar-refractivity contribution in [1.82, 2.24) is 4.90 Å². The normalized spacial score (nSPS) is 24.1. The fourth-order valence-electron chi connectivity index (χ4n) is 2.71. The van der Waals surface area contributed by atoms with Crippen LogP contribution in [0.4, 0.5) is 0 Å². The Bertz CT molecular complexity index is 496. The van der Waals surface area contributed by atoms with E-state index in [1.54, 1.807) is 6.08 Å². The monoisotopic (exact) mass is 273 g/mol. The third kappa shape index (κ3) is 4.20. The molecule has 0 amide bonds. The molecule has 108 valence electrons. The summed E-state index contributed by atoms with van der Waals surface area (Å²) in [5, 5.41) is 8.66. The predicted octanol–water partition coefficient (Wildman–Crippen LogP) is 3.26. The third-order valence-electron chi connectivity index (χ3n) is 4.19. The van der Waals surface area contributed by atoms with Crippen molar-refractivity contribution in [2.75, 3.05) is 13.1 Å². The standard InChI is InChI=1S/C17H23NO2/c1-13-8-9-18(11-14(13)2)12-16-5-3-4-15(10-16)6-7-17(19)20/h3-7,10,13-14H,8-9,11-12H2,1-2H3,(H,19,20)/b7-6+. The summed E-state index contributed by atoms with van der Waals surface area (Å²) in [6, 6.07) is 8.11. The van der Waals surface area contributed by atoms with E-state index in [9.17, 15) is 4.79 Å². The van der Waals surface area contributed by atoms with E-state index in [4.69, 9.17) is 5.11 Å². The van der Waals surface area contributed by atoms with E-state index in [1.165, 1.54) is 18.1 Å². The first-order valence-corrected chi connectivity index (χ1v) is 7.27. The molecule has 2 rings (SSSR count). The number of likely N-dealkylation sites (tertiary alicyclic amines) is 1.